The van der Waals surface area contributed by atoms with Crippen LogP contribution in [0.5, 0.6) is 34.5 Å². The summed E-state index contributed by atoms with van der Waals surface area (Å²) in [6.07, 6.45) is 2.14. The van der Waals surface area contributed by atoms with Crippen LogP contribution in [0.3, 0.4) is 0 Å². The van der Waals surface area contributed by atoms with Crippen molar-refractivity contribution in [2.75, 3.05) is 48.0 Å². The summed E-state index contributed by atoms with van der Waals surface area (Å²) >= 11 is 0. The van der Waals surface area contributed by atoms with Gasteiger partial charge in [-0.15, -0.1) is 0 Å². The van der Waals surface area contributed by atoms with E-state index in [2.05, 4.69) is 10.3 Å². The molecule has 198 valence electrons. The Balaban J connectivity index is 1.77. The highest BCUT2D eigenvalue weighted by Gasteiger charge is 2.18. The number of amides is 1. The first-order chi connectivity index (χ1) is 18.5. The molecule has 0 bridgehead atoms. The maximum Gasteiger partial charge on any atom is 0.255 e. The Hall–Kier alpha value is -4.66. The molecule has 0 atom stereocenters. The van der Waals surface area contributed by atoms with Crippen molar-refractivity contribution >= 4 is 22.4 Å². The topological polar surface area (TPSA) is 97.4 Å². The van der Waals surface area contributed by atoms with Crippen LogP contribution in [-0.2, 0) is 6.42 Å². The number of methoxy groups -OCH3 is 6. The van der Waals surface area contributed by atoms with E-state index in [1.54, 1.807) is 66.0 Å². The number of pyridine rings is 1. The second-order valence-electron chi connectivity index (χ2n) is 8.25. The van der Waals surface area contributed by atoms with Crippen molar-refractivity contribution in [1.29, 1.82) is 0 Å². The number of nitrogens with zero attached hydrogens (tertiary/aromatic N) is 1. The van der Waals surface area contributed by atoms with E-state index >= 15 is 0 Å². The van der Waals surface area contributed by atoms with Gasteiger partial charge in [-0.1, -0.05) is 0 Å². The van der Waals surface area contributed by atoms with Crippen LogP contribution in [0.4, 0.5) is 5.69 Å². The van der Waals surface area contributed by atoms with Crippen molar-refractivity contribution in [3.05, 3.63) is 71.5 Å². The van der Waals surface area contributed by atoms with E-state index < -0.39 is 0 Å². The van der Waals surface area contributed by atoms with Gasteiger partial charge in [0.2, 0.25) is 0 Å². The van der Waals surface area contributed by atoms with E-state index in [9.17, 15) is 4.79 Å². The number of benzene rings is 3. The van der Waals surface area contributed by atoms with Crippen LogP contribution in [0, 0.1) is 0 Å². The minimum absolute atomic E-state index is 0.322. The van der Waals surface area contributed by atoms with Gasteiger partial charge in [-0.2, -0.15) is 0 Å². The summed E-state index contributed by atoms with van der Waals surface area (Å²) < 4.78 is 32.7. The molecule has 0 radical (unpaired) electrons. The fraction of sp³-hybridized carbons (Fsp3) is 0.241. The van der Waals surface area contributed by atoms with Gasteiger partial charge in [0.05, 0.1) is 48.4 Å². The smallest absolute Gasteiger partial charge is 0.255 e. The minimum atomic E-state index is -0.322. The van der Waals surface area contributed by atoms with E-state index in [4.69, 9.17) is 28.4 Å². The van der Waals surface area contributed by atoms with Gasteiger partial charge in [0.25, 0.3) is 5.91 Å². The lowest BCUT2D eigenvalue weighted by Crippen LogP contribution is -2.14. The zero-order valence-electron chi connectivity index (χ0n) is 22.2. The van der Waals surface area contributed by atoms with Crippen LogP contribution >= 0.6 is 0 Å². The van der Waals surface area contributed by atoms with Gasteiger partial charge >= 0.3 is 0 Å². The Morgan fingerprint density at radius 1 is 0.684 bits per heavy atom. The van der Waals surface area contributed by atoms with E-state index in [1.807, 2.05) is 24.3 Å². The zero-order valence-corrected chi connectivity index (χ0v) is 22.2. The Labute approximate surface area is 221 Å². The van der Waals surface area contributed by atoms with Crippen molar-refractivity contribution in [3.8, 4) is 34.5 Å². The SMILES string of the molecule is COc1ccc(C(=O)Nc2cc(OC)c(OC)cc2Cc2nccc3cc(OC)c(OC)cc23)cc1OC. The zero-order chi connectivity index (χ0) is 27.2. The Morgan fingerprint density at radius 2 is 1.26 bits per heavy atom. The van der Waals surface area contributed by atoms with Gasteiger partial charge in [0, 0.05) is 35.3 Å². The van der Waals surface area contributed by atoms with E-state index in [0.29, 0.717) is 52.2 Å². The third-order valence-corrected chi connectivity index (χ3v) is 6.21. The molecule has 38 heavy (non-hydrogen) atoms. The number of fused-ring (bicyclic) bond motifs is 1. The number of nitrogens with one attached hydrogen (secondary N) is 1. The molecule has 9 nitrogen and oxygen atoms in total. The molecule has 0 aliphatic carbocycles. The Morgan fingerprint density at radius 3 is 1.92 bits per heavy atom. The molecular formula is C29H30N2O7. The number of anilines is 1. The van der Waals surface area contributed by atoms with Crippen LogP contribution in [-0.4, -0.2) is 53.5 Å². The second-order valence-corrected chi connectivity index (χ2v) is 8.25. The summed E-state index contributed by atoms with van der Waals surface area (Å²) in [4.78, 5) is 17.9. The first-order valence-corrected chi connectivity index (χ1v) is 11.7. The number of aromatic nitrogens is 1. The summed E-state index contributed by atoms with van der Waals surface area (Å²) in [6.45, 7) is 0. The van der Waals surface area contributed by atoms with Crippen LogP contribution in [0.25, 0.3) is 10.8 Å². The van der Waals surface area contributed by atoms with Crippen LogP contribution in [0.2, 0.25) is 0 Å². The molecule has 0 saturated heterocycles. The van der Waals surface area contributed by atoms with Gasteiger partial charge in [-0.05, 0) is 53.4 Å². The Bertz CT molecular complexity index is 1470. The van der Waals surface area contributed by atoms with Gasteiger partial charge in [-0.3, -0.25) is 9.78 Å². The minimum Gasteiger partial charge on any atom is -0.493 e. The third kappa shape index (κ3) is 5.22. The Kier molecular flexibility index (Phi) is 8.06. The maximum atomic E-state index is 13.3. The monoisotopic (exact) mass is 518 g/mol. The lowest BCUT2D eigenvalue weighted by Gasteiger charge is -2.17. The molecule has 4 rings (SSSR count). The number of hydrogen-bond acceptors (Lipinski definition) is 8. The van der Waals surface area contributed by atoms with Crippen molar-refractivity contribution in [3.63, 3.8) is 0 Å². The highest BCUT2D eigenvalue weighted by molar-refractivity contribution is 6.05. The summed E-state index contributed by atoms with van der Waals surface area (Å²) in [5.74, 6) is 2.91. The summed E-state index contributed by atoms with van der Waals surface area (Å²) in [5, 5.41) is 4.86. The highest BCUT2D eigenvalue weighted by Crippen LogP contribution is 2.37. The molecule has 1 heterocycles. The summed E-state index contributed by atoms with van der Waals surface area (Å²) in [7, 11) is 9.37. The van der Waals surface area contributed by atoms with E-state index in [1.165, 1.54) is 7.11 Å². The average Bonchev–Trinajstić information content (AvgIpc) is 2.96. The highest BCUT2D eigenvalue weighted by atomic mass is 16.5. The van der Waals surface area contributed by atoms with Gasteiger partial charge in [-0.25, -0.2) is 0 Å². The van der Waals surface area contributed by atoms with E-state index in [0.717, 1.165) is 22.0 Å². The average molecular weight is 519 g/mol. The number of ether oxygens (including phenoxy) is 6. The van der Waals surface area contributed by atoms with Crippen molar-refractivity contribution in [1.82, 2.24) is 4.98 Å². The van der Waals surface area contributed by atoms with Crippen LogP contribution < -0.4 is 33.7 Å². The summed E-state index contributed by atoms with van der Waals surface area (Å²) in [6, 6.07) is 14.3. The molecule has 0 spiro atoms. The predicted octanol–water partition coefficient (Wildman–Crippen LogP) is 5.13. The number of carbonyl (C=O) groups is 1. The molecule has 4 aromatic rings. The van der Waals surface area contributed by atoms with Gasteiger partial charge < -0.3 is 33.7 Å². The quantitative estimate of drug-likeness (QED) is 0.309. The molecule has 3 aromatic carbocycles. The fourth-order valence-corrected chi connectivity index (χ4v) is 4.24. The van der Waals surface area contributed by atoms with Crippen molar-refractivity contribution in [2.45, 2.75) is 6.42 Å². The maximum absolute atomic E-state index is 13.3. The molecule has 0 fully saturated rings. The first-order valence-electron chi connectivity index (χ1n) is 11.7. The predicted molar refractivity (Wildman–Crippen MR) is 145 cm³/mol. The van der Waals surface area contributed by atoms with Crippen molar-refractivity contribution in [2.24, 2.45) is 0 Å². The van der Waals surface area contributed by atoms with Crippen LogP contribution in [0.1, 0.15) is 21.6 Å². The third-order valence-electron chi connectivity index (χ3n) is 6.21. The molecule has 0 aliphatic rings. The number of rotatable bonds is 10. The molecule has 1 N–H and O–H groups in total. The molecule has 1 aromatic heterocycles. The van der Waals surface area contributed by atoms with Gasteiger partial charge in [0.1, 0.15) is 0 Å². The standard InChI is InChI=1S/C29H30N2O7/c1-33-23-8-7-18(13-24(23)34-2)29(32)31-21-16-28(38-6)26(36-4)14-19(21)11-22-20-15-27(37-5)25(35-3)12-17(20)9-10-30-22/h7-10,12-16H,11H2,1-6H3,(H,31,32). The largest absolute Gasteiger partial charge is 0.493 e. The first kappa shape index (κ1) is 26.4. The number of carbonyl (C=O) groups excluding carboxylic acids is 1. The lowest BCUT2D eigenvalue weighted by molar-refractivity contribution is 0.102. The summed E-state index contributed by atoms with van der Waals surface area (Å²) in [5.41, 5.74) is 2.54. The second kappa shape index (κ2) is 11.6. The van der Waals surface area contributed by atoms with E-state index in [-0.39, 0.29) is 5.91 Å². The van der Waals surface area contributed by atoms with Gasteiger partial charge in [0.15, 0.2) is 34.5 Å². The molecule has 1 amide bonds. The number of hydrogen-bond donors (Lipinski definition) is 1. The molecule has 0 saturated carbocycles. The fourth-order valence-electron chi connectivity index (χ4n) is 4.24. The molecule has 9 heteroatoms. The normalized spacial score (nSPS) is 10.6. The van der Waals surface area contributed by atoms with Crippen molar-refractivity contribution < 1.29 is 33.2 Å². The molecular weight excluding hydrogens is 488 g/mol. The van der Waals surface area contributed by atoms with Crippen LogP contribution in [0.15, 0.2) is 54.7 Å². The lowest BCUT2D eigenvalue weighted by atomic mass is 10.0. The molecule has 0 aliphatic heterocycles. The molecule has 0 unspecified atom stereocenters.